The van der Waals surface area contributed by atoms with Crippen molar-refractivity contribution in [1.82, 2.24) is 10.4 Å². The van der Waals surface area contributed by atoms with Crippen LogP contribution in [-0.2, 0) is 6.42 Å². The molecule has 0 bridgehead atoms. The smallest absolute Gasteiger partial charge is 0.0708 e. The average Bonchev–Trinajstić information content (AvgIpc) is 3.01. The number of hydrogen-bond donors (Lipinski definition) is 2. The van der Waals surface area contributed by atoms with Crippen molar-refractivity contribution in [1.29, 1.82) is 0 Å². The van der Waals surface area contributed by atoms with Crippen LogP contribution in [-0.4, -0.2) is 4.98 Å². The molecule has 1 unspecified atom stereocenters. The summed E-state index contributed by atoms with van der Waals surface area (Å²) in [6.45, 7) is 2.12. The van der Waals surface area contributed by atoms with Crippen LogP contribution in [0, 0.1) is 6.92 Å². The van der Waals surface area contributed by atoms with Crippen molar-refractivity contribution < 1.29 is 0 Å². The molecule has 4 heteroatoms. The van der Waals surface area contributed by atoms with Gasteiger partial charge in [-0.25, -0.2) is 0 Å². The largest absolute Gasteiger partial charge is 0.271 e. The number of thiophene rings is 1. The number of fused-ring (bicyclic) bond motifs is 1. The van der Waals surface area contributed by atoms with Gasteiger partial charge in [0.05, 0.1) is 17.3 Å². The molecule has 2 aromatic heterocycles. The van der Waals surface area contributed by atoms with E-state index in [9.17, 15) is 0 Å². The van der Waals surface area contributed by atoms with Crippen LogP contribution in [0.1, 0.15) is 29.3 Å². The van der Waals surface area contributed by atoms with Crippen LogP contribution < -0.4 is 11.3 Å². The summed E-state index contributed by atoms with van der Waals surface area (Å²) in [5.41, 5.74) is 7.56. The van der Waals surface area contributed by atoms with Crippen LogP contribution in [0.4, 0.5) is 0 Å². The molecule has 1 atom stereocenters. The Balaban J connectivity index is 1.86. The van der Waals surface area contributed by atoms with Crippen LogP contribution in [0.25, 0.3) is 10.9 Å². The fourth-order valence-electron chi connectivity index (χ4n) is 2.62. The maximum atomic E-state index is 5.75. The lowest BCUT2D eigenvalue weighted by Gasteiger charge is -2.16. The SMILES string of the molecule is Cc1cc(C(CCc2ccsc2)NN)nc2ccccc12. The van der Waals surface area contributed by atoms with E-state index in [1.165, 1.54) is 16.5 Å². The number of hydrogen-bond acceptors (Lipinski definition) is 4. The van der Waals surface area contributed by atoms with Gasteiger partial charge < -0.3 is 0 Å². The second kappa shape index (κ2) is 6.35. The first-order chi connectivity index (χ1) is 10.3. The maximum absolute atomic E-state index is 5.75. The van der Waals surface area contributed by atoms with Crippen molar-refractivity contribution in [2.45, 2.75) is 25.8 Å². The summed E-state index contributed by atoms with van der Waals surface area (Å²) in [5.74, 6) is 5.75. The molecule has 3 N–H and O–H groups in total. The van der Waals surface area contributed by atoms with Gasteiger partial charge in [-0.2, -0.15) is 11.3 Å². The normalized spacial score (nSPS) is 12.7. The Morgan fingerprint density at radius 1 is 1.29 bits per heavy atom. The zero-order valence-electron chi connectivity index (χ0n) is 12.0. The summed E-state index contributed by atoms with van der Waals surface area (Å²) in [6.07, 6.45) is 1.95. The van der Waals surface area contributed by atoms with Gasteiger partial charge in [-0.05, 0) is 59.9 Å². The molecule has 3 nitrogen and oxygen atoms in total. The Morgan fingerprint density at radius 3 is 2.90 bits per heavy atom. The minimum Gasteiger partial charge on any atom is -0.271 e. The second-order valence-corrected chi connectivity index (χ2v) is 6.05. The molecule has 21 heavy (non-hydrogen) atoms. The molecular formula is C17H19N3S. The van der Waals surface area contributed by atoms with Gasteiger partial charge >= 0.3 is 0 Å². The zero-order chi connectivity index (χ0) is 14.7. The van der Waals surface area contributed by atoms with Crippen LogP contribution >= 0.6 is 11.3 Å². The van der Waals surface area contributed by atoms with Gasteiger partial charge in [-0.15, -0.1) is 0 Å². The predicted molar refractivity (Wildman–Crippen MR) is 89.2 cm³/mol. The lowest BCUT2D eigenvalue weighted by molar-refractivity contribution is 0.506. The average molecular weight is 297 g/mol. The van der Waals surface area contributed by atoms with E-state index >= 15 is 0 Å². The van der Waals surface area contributed by atoms with Crippen molar-refractivity contribution in [3.63, 3.8) is 0 Å². The Morgan fingerprint density at radius 2 is 2.14 bits per heavy atom. The number of hydrazine groups is 1. The summed E-state index contributed by atoms with van der Waals surface area (Å²) in [7, 11) is 0. The Labute approximate surface area is 128 Å². The number of rotatable bonds is 5. The number of aromatic nitrogens is 1. The van der Waals surface area contributed by atoms with E-state index in [0.29, 0.717) is 0 Å². The molecule has 0 radical (unpaired) electrons. The third-order valence-corrected chi connectivity index (χ3v) is 4.53. The fraction of sp³-hybridized carbons (Fsp3) is 0.235. The highest BCUT2D eigenvalue weighted by atomic mass is 32.1. The first-order valence-electron chi connectivity index (χ1n) is 7.11. The van der Waals surface area contributed by atoms with Crippen LogP contribution in [0.3, 0.4) is 0 Å². The zero-order valence-corrected chi connectivity index (χ0v) is 12.9. The van der Waals surface area contributed by atoms with E-state index in [-0.39, 0.29) is 6.04 Å². The number of aryl methyl sites for hydroxylation is 2. The highest BCUT2D eigenvalue weighted by Gasteiger charge is 2.13. The van der Waals surface area contributed by atoms with Crippen molar-refractivity contribution >= 4 is 22.2 Å². The number of benzene rings is 1. The van der Waals surface area contributed by atoms with Crippen LogP contribution in [0.5, 0.6) is 0 Å². The number of nitrogens with one attached hydrogen (secondary N) is 1. The van der Waals surface area contributed by atoms with E-state index in [2.05, 4.69) is 47.4 Å². The summed E-state index contributed by atoms with van der Waals surface area (Å²) in [5, 5.41) is 5.50. The molecule has 0 aliphatic heterocycles. The highest BCUT2D eigenvalue weighted by molar-refractivity contribution is 7.07. The first kappa shape index (κ1) is 14.2. The van der Waals surface area contributed by atoms with Gasteiger partial charge in [-0.1, -0.05) is 18.2 Å². The molecule has 0 amide bonds. The summed E-state index contributed by atoms with van der Waals surface area (Å²) >= 11 is 1.73. The molecule has 0 saturated heterocycles. The molecule has 1 aromatic carbocycles. The molecule has 3 aromatic rings. The van der Waals surface area contributed by atoms with Gasteiger partial charge in [0.25, 0.3) is 0 Å². The number of nitrogens with zero attached hydrogens (tertiary/aromatic N) is 1. The molecule has 3 rings (SSSR count). The number of nitrogens with two attached hydrogens (primary N) is 1. The number of pyridine rings is 1. The number of para-hydroxylation sites is 1. The predicted octanol–water partition coefficient (Wildman–Crippen LogP) is 3.74. The molecule has 0 saturated carbocycles. The Kier molecular flexibility index (Phi) is 4.29. The molecule has 0 aliphatic carbocycles. The minimum atomic E-state index is 0.0770. The summed E-state index contributed by atoms with van der Waals surface area (Å²) in [6, 6.07) is 12.6. The van der Waals surface area contributed by atoms with Gasteiger partial charge in [0, 0.05) is 5.39 Å². The topological polar surface area (TPSA) is 50.9 Å². The fourth-order valence-corrected chi connectivity index (χ4v) is 3.32. The van der Waals surface area contributed by atoms with E-state index in [1.807, 2.05) is 12.1 Å². The van der Waals surface area contributed by atoms with E-state index in [0.717, 1.165) is 24.1 Å². The summed E-state index contributed by atoms with van der Waals surface area (Å²) < 4.78 is 0. The van der Waals surface area contributed by atoms with E-state index in [1.54, 1.807) is 11.3 Å². The van der Waals surface area contributed by atoms with Crippen molar-refractivity contribution in [2.75, 3.05) is 0 Å². The van der Waals surface area contributed by atoms with Crippen molar-refractivity contribution in [3.05, 3.63) is 64.0 Å². The maximum Gasteiger partial charge on any atom is 0.0708 e. The third-order valence-electron chi connectivity index (χ3n) is 3.80. The van der Waals surface area contributed by atoms with Gasteiger partial charge in [0.15, 0.2) is 0 Å². The monoisotopic (exact) mass is 297 g/mol. The minimum absolute atomic E-state index is 0.0770. The summed E-state index contributed by atoms with van der Waals surface area (Å²) in [4.78, 5) is 4.77. The Hall–Kier alpha value is -1.75. The van der Waals surface area contributed by atoms with E-state index < -0.39 is 0 Å². The lowest BCUT2D eigenvalue weighted by Crippen LogP contribution is -2.29. The van der Waals surface area contributed by atoms with Crippen LogP contribution in [0.15, 0.2) is 47.2 Å². The molecule has 2 heterocycles. The van der Waals surface area contributed by atoms with Crippen molar-refractivity contribution in [2.24, 2.45) is 5.84 Å². The molecule has 0 spiro atoms. The lowest BCUT2D eigenvalue weighted by atomic mass is 10.0. The molecule has 0 aliphatic rings. The molecular weight excluding hydrogens is 278 g/mol. The van der Waals surface area contributed by atoms with E-state index in [4.69, 9.17) is 10.8 Å². The van der Waals surface area contributed by atoms with Gasteiger partial charge in [0.2, 0.25) is 0 Å². The Bertz CT molecular complexity index is 722. The van der Waals surface area contributed by atoms with Crippen molar-refractivity contribution in [3.8, 4) is 0 Å². The molecule has 0 fully saturated rings. The first-order valence-corrected chi connectivity index (χ1v) is 8.05. The quantitative estimate of drug-likeness (QED) is 0.557. The third kappa shape index (κ3) is 3.13. The van der Waals surface area contributed by atoms with Gasteiger partial charge in [0.1, 0.15) is 0 Å². The van der Waals surface area contributed by atoms with Gasteiger partial charge in [-0.3, -0.25) is 16.3 Å². The molecule has 108 valence electrons. The standard InChI is InChI=1S/C17H19N3S/c1-12-10-17(19-15-5-3-2-4-14(12)15)16(20-18)7-6-13-8-9-21-11-13/h2-5,8-11,16,20H,6-7,18H2,1H3. The van der Waals surface area contributed by atoms with Crippen LogP contribution in [0.2, 0.25) is 0 Å². The highest BCUT2D eigenvalue weighted by Crippen LogP contribution is 2.23. The second-order valence-electron chi connectivity index (χ2n) is 5.27.